The van der Waals surface area contributed by atoms with Gasteiger partial charge in [0.25, 0.3) is 0 Å². The van der Waals surface area contributed by atoms with Gasteiger partial charge in [0.15, 0.2) is 5.96 Å². The molecule has 0 saturated heterocycles. The summed E-state index contributed by atoms with van der Waals surface area (Å²) in [6.45, 7) is 16.5. The maximum Gasteiger partial charge on any atom is 0.216 e. The van der Waals surface area contributed by atoms with E-state index in [-0.39, 0.29) is 29.9 Å². The first-order valence-corrected chi connectivity index (χ1v) is 8.40. The highest BCUT2D eigenvalue weighted by Gasteiger charge is 2.12. The topological polar surface area (TPSA) is 68.8 Å². The lowest BCUT2D eigenvalue weighted by Crippen LogP contribution is -2.41. The van der Waals surface area contributed by atoms with E-state index in [1.165, 1.54) is 6.92 Å². The maximum absolute atomic E-state index is 10.8. The molecular formula is C16H36IN5O. The molecule has 0 aliphatic heterocycles. The molecule has 0 spiro atoms. The van der Waals surface area contributed by atoms with Crippen LogP contribution >= 0.6 is 24.0 Å². The van der Waals surface area contributed by atoms with Crippen LogP contribution in [0.1, 0.15) is 48.0 Å². The number of halogens is 1. The van der Waals surface area contributed by atoms with Crippen LogP contribution in [0.3, 0.4) is 0 Å². The highest BCUT2D eigenvalue weighted by atomic mass is 127. The minimum Gasteiger partial charge on any atom is -0.357 e. The average Bonchev–Trinajstić information content (AvgIpc) is 2.41. The molecule has 0 heterocycles. The smallest absolute Gasteiger partial charge is 0.216 e. The molecule has 0 aromatic rings. The number of rotatable bonds is 10. The van der Waals surface area contributed by atoms with Gasteiger partial charge in [-0.15, -0.1) is 24.0 Å². The predicted molar refractivity (Wildman–Crippen MR) is 110 cm³/mol. The molecule has 0 aliphatic rings. The zero-order chi connectivity index (χ0) is 17.0. The molecule has 0 bridgehead atoms. The Bertz CT molecular complexity index is 326. The number of nitrogens with zero attached hydrogens (tertiary/aromatic N) is 2. The Labute approximate surface area is 159 Å². The van der Waals surface area contributed by atoms with E-state index in [9.17, 15) is 4.79 Å². The standard InChI is InChI=1S/C16H35N5O.HI/c1-7-17-16(20-11-10-18-15(6)22)19-9-8-12-21(13(2)3)14(4)5;/h13-14H,7-12H2,1-6H3,(H,18,22)(H2,17,19,20);1H. The lowest BCUT2D eigenvalue weighted by atomic mass is 10.2. The summed E-state index contributed by atoms with van der Waals surface area (Å²) < 4.78 is 0. The molecule has 6 nitrogen and oxygen atoms in total. The van der Waals surface area contributed by atoms with Gasteiger partial charge in [-0.05, 0) is 41.0 Å². The summed E-state index contributed by atoms with van der Waals surface area (Å²) in [6, 6.07) is 1.13. The highest BCUT2D eigenvalue weighted by Crippen LogP contribution is 2.05. The van der Waals surface area contributed by atoms with Gasteiger partial charge in [0.1, 0.15) is 0 Å². The molecule has 0 radical (unpaired) electrons. The van der Waals surface area contributed by atoms with E-state index in [1.54, 1.807) is 0 Å². The normalized spacial score (nSPS) is 11.6. The number of hydrogen-bond donors (Lipinski definition) is 3. The molecule has 0 saturated carbocycles. The van der Waals surface area contributed by atoms with Crippen molar-refractivity contribution in [2.75, 3.05) is 32.7 Å². The van der Waals surface area contributed by atoms with Crippen molar-refractivity contribution in [3.8, 4) is 0 Å². The fraction of sp³-hybridized carbons (Fsp3) is 0.875. The van der Waals surface area contributed by atoms with Crippen LogP contribution in [0.4, 0.5) is 0 Å². The molecule has 3 N–H and O–H groups in total. The zero-order valence-electron chi connectivity index (χ0n) is 15.6. The van der Waals surface area contributed by atoms with E-state index in [0.717, 1.165) is 32.0 Å². The zero-order valence-corrected chi connectivity index (χ0v) is 17.9. The molecule has 0 unspecified atom stereocenters. The van der Waals surface area contributed by atoms with Crippen LogP contribution in [0.5, 0.6) is 0 Å². The molecule has 0 aromatic heterocycles. The second-order valence-corrected chi connectivity index (χ2v) is 5.95. The van der Waals surface area contributed by atoms with Gasteiger partial charge in [-0.25, -0.2) is 0 Å². The van der Waals surface area contributed by atoms with Crippen LogP contribution in [-0.4, -0.2) is 61.6 Å². The summed E-state index contributed by atoms with van der Waals surface area (Å²) in [5, 5.41) is 9.20. The fourth-order valence-electron chi connectivity index (χ4n) is 2.32. The summed E-state index contributed by atoms with van der Waals surface area (Å²) in [7, 11) is 0. The van der Waals surface area contributed by atoms with E-state index in [2.05, 4.69) is 53.5 Å². The summed E-state index contributed by atoms with van der Waals surface area (Å²) in [5.74, 6) is 0.805. The van der Waals surface area contributed by atoms with Crippen molar-refractivity contribution < 1.29 is 4.79 Å². The number of carbonyl (C=O) groups is 1. The number of nitrogens with one attached hydrogen (secondary N) is 3. The van der Waals surface area contributed by atoms with Crippen molar-refractivity contribution in [3.05, 3.63) is 0 Å². The van der Waals surface area contributed by atoms with Gasteiger partial charge in [0.2, 0.25) is 5.91 Å². The fourth-order valence-corrected chi connectivity index (χ4v) is 2.32. The van der Waals surface area contributed by atoms with Crippen LogP contribution in [0.25, 0.3) is 0 Å². The Morgan fingerprint density at radius 3 is 2.09 bits per heavy atom. The Morgan fingerprint density at radius 2 is 1.61 bits per heavy atom. The second kappa shape index (κ2) is 15.0. The minimum absolute atomic E-state index is 0. The summed E-state index contributed by atoms with van der Waals surface area (Å²) >= 11 is 0. The first-order chi connectivity index (χ1) is 10.4. The van der Waals surface area contributed by atoms with Crippen molar-refractivity contribution >= 4 is 35.8 Å². The molecule has 1 amide bonds. The third-order valence-corrected chi connectivity index (χ3v) is 3.31. The second-order valence-electron chi connectivity index (χ2n) is 5.95. The van der Waals surface area contributed by atoms with Crippen molar-refractivity contribution in [1.82, 2.24) is 20.9 Å². The molecule has 7 heteroatoms. The van der Waals surface area contributed by atoms with E-state index in [4.69, 9.17) is 0 Å². The molecule has 0 aliphatic carbocycles. The number of hydrogen-bond acceptors (Lipinski definition) is 3. The molecule has 138 valence electrons. The average molecular weight is 441 g/mol. The summed E-state index contributed by atoms with van der Waals surface area (Å²) in [5.41, 5.74) is 0. The number of amides is 1. The maximum atomic E-state index is 10.8. The van der Waals surface area contributed by atoms with Crippen LogP contribution in [0.15, 0.2) is 4.99 Å². The predicted octanol–water partition coefficient (Wildman–Crippen LogP) is 1.80. The number of guanidine groups is 1. The monoisotopic (exact) mass is 441 g/mol. The molecule has 0 rings (SSSR count). The largest absolute Gasteiger partial charge is 0.357 e. The number of aliphatic imine (C=N–C) groups is 1. The quantitative estimate of drug-likeness (QED) is 0.209. The molecule has 0 atom stereocenters. The molecule has 0 aromatic carbocycles. The van der Waals surface area contributed by atoms with E-state index >= 15 is 0 Å². The highest BCUT2D eigenvalue weighted by molar-refractivity contribution is 14.0. The van der Waals surface area contributed by atoms with E-state index in [1.807, 2.05) is 6.92 Å². The van der Waals surface area contributed by atoms with E-state index < -0.39 is 0 Å². The third-order valence-electron chi connectivity index (χ3n) is 3.31. The Morgan fingerprint density at radius 1 is 1.04 bits per heavy atom. The van der Waals surface area contributed by atoms with Crippen molar-refractivity contribution in [2.45, 2.75) is 60.0 Å². The van der Waals surface area contributed by atoms with Gasteiger partial charge in [-0.2, -0.15) is 0 Å². The summed E-state index contributed by atoms with van der Waals surface area (Å²) in [6.07, 6.45) is 1.04. The molecule has 23 heavy (non-hydrogen) atoms. The van der Waals surface area contributed by atoms with Gasteiger partial charge in [-0.3, -0.25) is 14.7 Å². The van der Waals surface area contributed by atoms with Crippen LogP contribution < -0.4 is 16.0 Å². The Balaban J connectivity index is 0. The third kappa shape index (κ3) is 13.6. The lowest BCUT2D eigenvalue weighted by Gasteiger charge is -2.30. The molecular weight excluding hydrogens is 405 g/mol. The first kappa shape index (κ1) is 24.7. The Kier molecular flexibility index (Phi) is 16.1. The SMILES string of the molecule is CCNC(=NCCCN(C(C)C)C(C)C)NCCNC(C)=O.I. The van der Waals surface area contributed by atoms with Gasteiger partial charge in [0, 0.05) is 51.7 Å². The number of carbonyl (C=O) groups excluding carboxylic acids is 1. The van der Waals surface area contributed by atoms with Crippen molar-refractivity contribution in [2.24, 2.45) is 4.99 Å². The van der Waals surface area contributed by atoms with Crippen molar-refractivity contribution in [3.63, 3.8) is 0 Å². The summed E-state index contributed by atoms with van der Waals surface area (Å²) in [4.78, 5) is 17.9. The lowest BCUT2D eigenvalue weighted by molar-refractivity contribution is -0.118. The van der Waals surface area contributed by atoms with Crippen molar-refractivity contribution in [1.29, 1.82) is 0 Å². The molecule has 0 fully saturated rings. The van der Waals surface area contributed by atoms with Gasteiger partial charge < -0.3 is 16.0 Å². The minimum atomic E-state index is -0.00815. The van der Waals surface area contributed by atoms with Crippen LogP contribution in [0.2, 0.25) is 0 Å². The van der Waals surface area contributed by atoms with Crippen LogP contribution in [0, 0.1) is 0 Å². The van der Waals surface area contributed by atoms with Gasteiger partial charge in [0.05, 0.1) is 0 Å². The van der Waals surface area contributed by atoms with Gasteiger partial charge in [-0.1, -0.05) is 0 Å². The van der Waals surface area contributed by atoms with E-state index in [0.29, 0.717) is 25.2 Å². The van der Waals surface area contributed by atoms with Gasteiger partial charge >= 0.3 is 0 Å². The first-order valence-electron chi connectivity index (χ1n) is 8.40. The Hall–Kier alpha value is -0.570. The van der Waals surface area contributed by atoms with Crippen LogP contribution in [-0.2, 0) is 4.79 Å².